The van der Waals surface area contributed by atoms with E-state index in [9.17, 15) is 18.0 Å². The fourth-order valence-corrected chi connectivity index (χ4v) is 4.93. The van der Waals surface area contributed by atoms with Crippen LogP contribution in [0.5, 0.6) is 5.88 Å². The molecule has 1 amide bonds. The van der Waals surface area contributed by atoms with Crippen molar-refractivity contribution in [2.45, 2.75) is 13.1 Å². The smallest absolute Gasteiger partial charge is 0.416 e. The number of anilines is 4. The van der Waals surface area contributed by atoms with Crippen molar-refractivity contribution in [3.8, 4) is 17.1 Å². The highest BCUT2D eigenvalue weighted by molar-refractivity contribution is 6.04. The Morgan fingerprint density at radius 2 is 1.76 bits per heavy atom. The Kier molecular flexibility index (Phi) is 8.18. The van der Waals surface area contributed by atoms with Crippen molar-refractivity contribution in [1.29, 1.82) is 0 Å². The van der Waals surface area contributed by atoms with Gasteiger partial charge < -0.3 is 25.0 Å². The van der Waals surface area contributed by atoms with Gasteiger partial charge in [0, 0.05) is 41.5 Å². The molecule has 2 aromatic carbocycles. The van der Waals surface area contributed by atoms with E-state index >= 15 is 0 Å². The van der Waals surface area contributed by atoms with Gasteiger partial charge in [0.1, 0.15) is 11.3 Å². The highest BCUT2D eigenvalue weighted by Crippen LogP contribution is 2.33. The molecule has 1 saturated heterocycles. The summed E-state index contributed by atoms with van der Waals surface area (Å²) in [5, 5.41) is 6.52. The maximum Gasteiger partial charge on any atom is 0.416 e. The molecule has 2 N–H and O–H groups in total. The van der Waals surface area contributed by atoms with Gasteiger partial charge in [0.2, 0.25) is 11.8 Å². The molecule has 0 atom stereocenters. The number of methoxy groups -OCH3 is 1. The van der Waals surface area contributed by atoms with Crippen molar-refractivity contribution in [1.82, 2.24) is 19.9 Å². The third-order valence-corrected chi connectivity index (χ3v) is 7.29. The monoisotopic (exact) mass is 615 g/mol. The summed E-state index contributed by atoms with van der Waals surface area (Å²) in [6.07, 6.45) is -1.18. The van der Waals surface area contributed by atoms with Crippen LogP contribution >= 0.6 is 0 Å². The second-order valence-electron chi connectivity index (χ2n) is 10.3. The molecule has 3 aromatic heterocycles. The van der Waals surface area contributed by atoms with Crippen molar-refractivity contribution in [3.63, 3.8) is 0 Å². The van der Waals surface area contributed by atoms with Gasteiger partial charge in [0.25, 0.3) is 5.91 Å². The Bertz CT molecular complexity index is 1860. The number of aryl methyl sites for hydroxylation is 1. The number of ether oxygens (including phenoxy) is 2. The van der Waals surface area contributed by atoms with E-state index in [0.717, 1.165) is 42.3 Å². The van der Waals surface area contributed by atoms with E-state index in [0.29, 0.717) is 47.0 Å². The predicted molar refractivity (Wildman–Crippen MR) is 164 cm³/mol. The topological polar surface area (TPSA) is 114 Å². The molecule has 45 heavy (non-hydrogen) atoms. The van der Waals surface area contributed by atoms with Crippen LogP contribution in [0.1, 0.15) is 21.5 Å². The first kappa shape index (κ1) is 29.8. The number of nitrogens with one attached hydrogen (secondary N) is 2. The number of hydrogen-bond acceptors (Lipinski definition) is 9. The normalized spacial score (nSPS) is 13.5. The number of morpholine rings is 1. The van der Waals surface area contributed by atoms with Crippen molar-refractivity contribution >= 4 is 40.0 Å². The van der Waals surface area contributed by atoms with Crippen molar-refractivity contribution in [2.75, 3.05) is 48.9 Å². The molecule has 0 aliphatic carbocycles. The molecule has 0 bridgehead atoms. The highest BCUT2D eigenvalue weighted by atomic mass is 19.4. The van der Waals surface area contributed by atoms with Crippen molar-refractivity contribution in [2.24, 2.45) is 0 Å². The van der Waals surface area contributed by atoms with Gasteiger partial charge in [-0.15, -0.1) is 0 Å². The molecule has 13 heteroatoms. The second kappa shape index (κ2) is 12.4. The Hall–Kier alpha value is -5.30. The maximum atomic E-state index is 13.1. The summed E-state index contributed by atoms with van der Waals surface area (Å²) < 4.78 is 50.4. The largest absolute Gasteiger partial charge is 0.479 e. The lowest BCUT2D eigenvalue weighted by Crippen LogP contribution is -2.36. The standard InChI is InChI=1S/C32H28F3N7O3/c1-19-6-7-23(38-29(43)20-4-3-5-22(14-20)32(33,34)35)16-25(19)26-15-21-17-37-31(41-28(21)30(40-26)44-2)39-24-8-9-27(36-18-24)42-10-12-45-13-11-42/h3-9,14-18H,10-13H2,1-2H3,(H,38,43)(H,37,39,41). The second-order valence-corrected chi connectivity index (χ2v) is 10.3. The van der Waals surface area contributed by atoms with Gasteiger partial charge in [0.05, 0.1) is 43.5 Å². The molecule has 0 radical (unpaired) electrons. The number of aromatic nitrogens is 4. The summed E-state index contributed by atoms with van der Waals surface area (Å²) in [4.78, 5) is 33.3. The third-order valence-electron chi connectivity index (χ3n) is 7.29. The van der Waals surface area contributed by atoms with Crippen molar-refractivity contribution in [3.05, 3.63) is 89.7 Å². The zero-order valence-electron chi connectivity index (χ0n) is 24.4. The molecule has 6 rings (SSSR count). The lowest BCUT2D eigenvalue weighted by molar-refractivity contribution is -0.137. The summed E-state index contributed by atoms with van der Waals surface area (Å²) in [6.45, 7) is 4.82. The number of halogens is 3. The summed E-state index contributed by atoms with van der Waals surface area (Å²) in [7, 11) is 1.49. The third kappa shape index (κ3) is 6.63. The van der Waals surface area contributed by atoms with E-state index < -0.39 is 17.6 Å². The van der Waals surface area contributed by atoms with Crippen LogP contribution in [-0.2, 0) is 10.9 Å². The molecule has 1 aliphatic heterocycles. The molecule has 1 aliphatic rings. The van der Waals surface area contributed by atoms with E-state index in [-0.39, 0.29) is 11.4 Å². The molecule has 0 unspecified atom stereocenters. The minimum atomic E-state index is -4.55. The first-order chi connectivity index (χ1) is 21.7. The lowest BCUT2D eigenvalue weighted by Gasteiger charge is -2.27. The van der Waals surface area contributed by atoms with Gasteiger partial charge in [-0.2, -0.15) is 13.2 Å². The Labute approximate surface area is 256 Å². The van der Waals surface area contributed by atoms with Crippen LogP contribution in [0.25, 0.3) is 22.2 Å². The number of carbonyl (C=O) groups excluding carboxylic acids is 1. The van der Waals surface area contributed by atoms with Crippen molar-refractivity contribution < 1.29 is 27.4 Å². The van der Waals surface area contributed by atoms with Gasteiger partial charge in [0.15, 0.2) is 0 Å². The first-order valence-electron chi connectivity index (χ1n) is 14.0. The van der Waals surface area contributed by atoms with Gasteiger partial charge in [-0.3, -0.25) is 4.79 Å². The van der Waals surface area contributed by atoms with Gasteiger partial charge >= 0.3 is 6.18 Å². The molecule has 0 saturated carbocycles. The number of amides is 1. The predicted octanol–water partition coefficient (Wildman–Crippen LogP) is 6.26. The minimum Gasteiger partial charge on any atom is -0.479 e. The molecule has 230 valence electrons. The molecular formula is C32H28F3N7O3. The zero-order chi connectivity index (χ0) is 31.6. The van der Waals surface area contributed by atoms with Gasteiger partial charge in [-0.05, 0) is 61.0 Å². The van der Waals surface area contributed by atoms with Crippen LogP contribution in [0.4, 0.5) is 36.3 Å². The van der Waals surface area contributed by atoms with Gasteiger partial charge in [-0.1, -0.05) is 12.1 Å². The van der Waals surface area contributed by atoms with Crippen LogP contribution in [0, 0.1) is 6.92 Å². The first-order valence-corrected chi connectivity index (χ1v) is 14.0. The van der Waals surface area contributed by atoms with Crippen LogP contribution in [0.3, 0.4) is 0 Å². The number of carbonyl (C=O) groups is 1. The number of nitrogens with zero attached hydrogens (tertiary/aromatic N) is 5. The molecule has 5 aromatic rings. The Morgan fingerprint density at radius 3 is 2.49 bits per heavy atom. The fourth-order valence-electron chi connectivity index (χ4n) is 4.93. The number of fused-ring (bicyclic) bond motifs is 1. The molecular weight excluding hydrogens is 587 g/mol. The van der Waals surface area contributed by atoms with E-state index in [2.05, 4.69) is 35.5 Å². The molecule has 4 heterocycles. The number of alkyl halides is 3. The highest BCUT2D eigenvalue weighted by Gasteiger charge is 2.31. The van der Waals surface area contributed by atoms with Gasteiger partial charge in [-0.25, -0.2) is 19.9 Å². The van der Waals surface area contributed by atoms with E-state index in [1.54, 1.807) is 36.7 Å². The van der Waals surface area contributed by atoms with Crippen LogP contribution in [0.15, 0.2) is 73.1 Å². The minimum absolute atomic E-state index is 0.108. The van der Waals surface area contributed by atoms with E-state index in [4.69, 9.17) is 9.47 Å². The van der Waals surface area contributed by atoms with E-state index in [1.165, 1.54) is 19.2 Å². The van der Waals surface area contributed by atoms with Crippen LogP contribution < -0.4 is 20.3 Å². The summed E-state index contributed by atoms with van der Waals surface area (Å²) >= 11 is 0. The average Bonchev–Trinajstić information content (AvgIpc) is 3.05. The maximum absolute atomic E-state index is 13.1. The molecule has 1 fully saturated rings. The SMILES string of the molecule is COc1nc(-c2cc(NC(=O)c3cccc(C(F)(F)F)c3)ccc2C)cc2cnc(Nc3ccc(N4CCOCC4)nc3)nc12. The fraction of sp³-hybridized carbons (Fsp3) is 0.219. The summed E-state index contributed by atoms with van der Waals surface area (Å²) in [5.41, 5.74) is 2.67. The Balaban J connectivity index is 1.23. The number of rotatable bonds is 7. The Morgan fingerprint density at radius 1 is 0.956 bits per heavy atom. The van der Waals surface area contributed by atoms with Crippen LogP contribution in [-0.4, -0.2) is 59.3 Å². The number of hydrogen-bond donors (Lipinski definition) is 2. The molecule has 10 nitrogen and oxygen atoms in total. The number of pyridine rings is 2. The zero-order valence-corrected chi connectivity index (χ0v) is 24.4. The lowest BCUT2D eigenvalue weighted by atomic mass is 10.0. The average molecular weight is 616 g/mol. The summed E-state index contributed by atoms with van der Waals surface area (Å²) in [5.74, 6) is 0.814. The summed E-state index contributed by atoms with van der Waals surface area (Å²) in [6, 6.07) is 15.1. The van der Waals surface area contributed by atoms with Crippen LogP contribution in [0.2, 0.25) is 0 Å². The van der Waals surface area contributed by atoms with E-state index in [1.807, 2.05) is 19.1 Å². The number of benzene rings is 2. The molecule has 0 spiro atoms. The quantitative estimate of drug-likeness (QED) is 0.219.